The lowest BCUT2D eigenvalue weighted by Crippen LogP contribution is -2.44. The van der Waals surface area contributed by atoms with Crippen LogP contribution in [0.5, 0.6) is 0 Å². The van der Waals surface area contributed by atoms with Gasteiger partial charge in [0.15, 0.2) is 0 Å². The summed E-state index contributed by atoms with van der Waals surface area (Å²) in [5, 5.41) is 0. The van der Waals surface area contributed by atoms with Gasteiger partial charge in [-0.15, -0.1) is 0 Å². The summed E-state index contributed by atoms with van der Waals surface area (Å²) in [6.07, 6.45) is 2.09. The van der Waals surface area contributed by atoms with Crippen molar-refractivity contribution in [3.05, 3.63) is 0 Å². The third kappa shape index (κ3) is 3.20. The van der Waals surface area contributed by atoms with Crippen LogP contribution in [0.3, 0.4) is 0 Å². The van der Waals surface area contributed by atoms with Gasteiger partial charge in [0.05, 0.1) is 0 Å². The van der Waals surface area contributed by atoms with Crippen molar-refractivity contribution >= 4 is 6.41 Å². The van der Waals surface area contributed by atoms with E-state index in [9.17, 15) is 4.79 Å². The van der Waals surface area contributed by atoms with Crippen LogP contribution in [-0.4, -0.2) is 47.9 Å². The quantitative estimate of drug-likeness (QED) is 0.663. The molecule has 1 unspecified atom stereocenters. The van der Waals surface area contributed by atoms with Crippen molar-refractivity contribution < 1.29 is 4.79 Å². The summed E-state index contributed by atoms with van der Waals surface area (Å²) in [6, 6.07) is 1.19. The Labute approximate surface area is 93.4 Å². The molecular formula is C12H24N2O. The molecule has 0 N–H and O–H groups in total. The summed E-state index contributed by atoms with van der Waals surface area (Å²) in [4.78, 5) is 15.2. The zero-order valence-corrected chi connectivity index (χ0v) is 10.4. The van der Waals surface area contributed by atoms with Gasteiger partial charge in [-0.05, 0) is 26.2 Å². The summed E-state index contributed by atoms with van der Waals surface area (Å²) < 4.78 is 0. The van der Waals surface area contributed by atoms with Crippen molar-refractivity contribution in [3.8, 4) is 0 Å². The Kier molecular flexibility index (Phi) is 4.58. The normalized spacial score (nSPS) is 24.7. The second-order valence-corrected chi connectivity index (χ2v) is 5.07. The molecule has 1 aliphatic rings. The maximum atomic E-state index is 10.8. The molecule has 0 radical (unpaired) electrons. The topological polar surface area (TPSA) is 23.6 Å². The molecule has 3 nitrogen and oxygen atoms in total. The summed E-state index contributed by atoms with van der Waals surface area (Å²) in [7, 11) is 0. The second-order valence-electron chi connectivity index (χ2n) is 5.07. The maximum absolute atomic E-state index is 10.8. The highest BCUT2D eigenvalue weighted by atomic mass is 16.1. The zero-order valence-electron chi connectivity index (χ0n) is 10.4. The van der Waals surface area contributed by atoms with Crippen molar-refractivity contribution in [2.45, 2.75) is 46.2 Å². The lowest BCUT2D eigenvalue weighted by atomic mass is 9.98. The van der Waals surface area contributed by atoms with E-state index in [4.69, 9.17) is 0 Å². The smallest absolute Gasteiger partial charge is 0.209 e. The van der Waals surface area contributed by atoms with E-state index in [1.807, 2.05) is 4.90 Å². The Morgan fingerprint density at radius 3 is 2.27 bits per heavy atom. The van der Waals surface area contributed by atoms with Gasteiger partial charge in [-0.2, -0.15) is 0 Å². The minimum absolute atomic E-state index is 0.573. The van der Waals surface area contributed by atoms with E-state index in [-0.39, 0.29) is 0 Å². The first-order valence-corrected chi connectivity index (χ1v) is 6.01. The molecule has 1 rings (SSSR count). The number of carbonyl (C=O) groups is 1. The van der Waals surface area contributed by atoms with Crippen molar-refractivity contribution in [1.29, 1.82) is 0 Å². The first-order valence-electron chi connectivity index (χ1n) is 6.01. The fourth-order valence-corrected chi connectivity index (χ4v) is 2.45. The standard InChI is InChI=1S/C12H24N2O/c1-10(2)12-5-6-13(9-15)7-8-14(12)11(3)4/h9-12H,5-8H2,1-4H3. The molecule has 1 atom stereocenters. The number of nitrogens with zero attached hydrogens (tertiary/aromatic N) is 2. The number of amides is 1. The Bertz CT molecular complexity index is 186. The van der Waals surface area contributed by atoms with Crippen LogP contribution in [-0.2, 0) is 4.79 Å². The first-order chi connectivity index (χ1) is 7.06. The van der Waals surface area contributed by atoms with Gasteiger partial charge in [-0.25, -0.2) is 0 Å². The van der Waals surface area contributed by atoms with Crippen LogP contribution < -0.4 is 0 Å². The van der Waals surface area contributed by atoms with E-state index in [1.165, 1.54) is 0 Å². The van der Waals surface area contributed by atoms with Gasteiger partial charge in [-0.3, -0.25) is 9.69 Å². The van der Waals surface area contributed by atoms with Crippen molar-refractivity contribution in [3.63, 3.8) is 0 Å². The third-order valence-electron chi connectivity index (χ3n) is 3.37. The maximum Gasteiger partial charge on any atom is 0.209 e. The summed E-state index contributed by atoms with van der Waals surface area (Å²) >= 11 is 0. The monoisotopic (exact) mass is 212 g/mol. The van der Waals surface area contributed by atoms with Crippen LogP contribution in [0, 0.1) is 5.92 Å². The van der Waals surface area contributed by atoms with E-state index < -0.39 is 0 Å². The zero-order chi connectivity index (χ0) is 11.4. The fraction of sp³-hybridized carbons (Fsp3) is 0.917. The highest BCUT2D eigenvalue weighted by molar-refractivity contribution is 5.47. The van der Waals surface area contributed by atoms with Crippen LogP contribution in [0.4, 0.5) is 0 Å². The van der Waals surface area contributed by atoms with E-state index in [1.54, 1.807) is 0 Å². The third-order valence-corrected chi connectivity index (χ3v) is 3.37. The molecule has 0 spiro atoms. The molecule has 1 fully saturated rings. The molecule has 0 aromatic heterocycles. The van der Waals surface area contributed by atoms with Crippen molar-refractivity contribution in [1.82, 2.24) is 9.80 Å². The minimum atomic E-state index is 0.573. The number of carbonyl (C=O) groups excluding carboxylic acids is 1. The molecule has 1 amide bonds. The Morgan fingerprint density at radius 1 is 1.13 bits per heavy atom. The molecule has 15 heavy (non-hydrogen) atoms. The van der Waals surface area contributed by atoms with Crippen molar-refractivity contribution in [2.24, 2.45) is 5.92 Å². The van der Waals surface area contributed by atoms with Crippen LogP contribution in [0.15, 0.2) is 0 Å². The molecule has 1 saturated heterocycles. The molecule has 0 aromatic rings. The lowest BCUT2D eigenvalue weighted by Gasteiger charge is -2.35. The van der Waals surface area contributed by atoms with Gasteiger partial charge in [0, 0.05) is 31.7 Å². The minimum Gasteiger partial charge on any atom is -0.344 e. The van der Waals surface area contributed by atoms with E-state index in [2.05, 4.69) is 32.6 Å². The van der Waals surface area contributed by atoms with Crippen molar-refractivity contribution in [2.75, 3.05) is 19.6 Å². The Balaban J connectivity index is 2.69. The predicted molar refractivity (Wildman–Crippen MR) is 62.7 cm³/mol. The lowest BCUT2D eigenvalue weighted by molar-refractivity contribution is -0.118. The van der Waals surface area contributed by atoms with Crippen LogP contribution >= 0.6 is 0 Å². The van der Waals surface area contributed by atoms with E-state index >= 15 is 0 Å². The average Bonchev–Trinajstić information content (AvgIpc) is 2.38. The molecule has 0 aliphatic carbocycles. The van der Waals surface area contributed by atoms with Crippen LogP contribution in [0.1, 0.15) is 34.1 Å². The number of hydrogen-bond acceptors (Lipinski definition) is 2. The largest absolute Gasteiger partial charge is 0.344 e. The predicted octanol–water partition coefficient (Wildman–Crippen LogP) is 1.58. The summed E-state index contributed by atoms with van der Waals surface area (Å²) in [5.41, 5.74) is 0. The summed E-state index contributed by atoms with van der Waals surface area (Å²) in [6.45, 7) is 11.8. The average molecular weight is 212 g/mol. The molecule has 1 heterocycles. The van der Waals surface area contributed by atoms with Gasteiger partial charge in [0.2, 0.25) is 6.41 Å². The first kappa shape index (κ1) is 12.5. The molecule has 0 bridgehead atoms. The van der Waals surface area contributed by atoms with E-state index in [0.717, 1.165) is 32.5 Å². The fourth-order valence-electron chi connectivity index (χ4n) is 2.45. The van der Waals surface area contributed by atoms with E-state index in [0.29, 0.717) is 18.0 Å². The van der Waals surface area contributed by atoms with Gasteiger partial charge in [0.25, 0.3) is 0 Å². The van der Waals surface area contributed by atoms with Crippen LogP contribution in [0.25, 0.3) is 0 Å². The van der Waals surface area contributed by atoms with Crippen LogP contribution in [0.2, 0.25) is 0 Å². The second kappa shape index (κ2) is 5.50. The van der Waals surface area contributed by atoms with Gasteiger partial charge in [0.1, 0.15) is 0 Å². The molecule has 1 aliphatic heterocycles. The SMILES string of the molecule is CC(C)C1CCN(C=O)CCN1C(C)C. The number of hydrogen-bond donors (Lipinski definition) is 0. The Morgan fingerprint density at radius 2 is 1.80 bits per heavy atom. The number of rotatable bonds is 3. The highest BCUT2D eigenvalue weighted by Gasteiger charge is 2.27. The molecular weight excluding hydrogens is 188 g/mol. The molecule has 88 valence electrons. The van der Waals surface area contributed by atoms with Gasteiger partial charge < -0.3 is 4.90 Å². The molecule has 0 saturated carbocycles. The Hall–Kier alpha value is -0.570. The summed E-state index contributed by atoms with van der Waals surface area (Å²) in [5.74, 6) is 0.666. The van der Waals surface area contributed by atoms with Gasteiger partial charge in [-0.1, -0.05) is 13.8 Å². The highest BCUT2D eigenvalue weighted by Crippen LogP contribution is 2.20. The molecule has 3 heteroatoms. The van der Waals surface area contributed by atoms with Gasteiger partial charge >= 0.3 is 0 Å². The molecule has 0 aromatic carbocycles.